The summed E-state index contributed by atoms with van der Waals surface area (Å²) >= 11 is 0. The van der Waals surface area contributed by atoms with E-state index in [9.17, 15) is 0 Å². The average Bonchev–Trinajstić information content (AvgIpc) is 2.48. The molecule has 25 heavy (non-hydrogen) atoms. The first-order valence-electron chi connectivity index (χ1n) is 10.1. The molecule has 2 heterocycles. The van der Waals surface area contributed by atoms with E-state index in [1.54, 1.807) is 0 Å². The molecule has 0 aromatic heterocycles. The van der Waals surface area contributed by atoms with Gasteiger partial charge in [-0.25, -0.2) is 0 Å². The zero-order chi connectivity index (χ0) is 17.5. The van der Waals surface area contributed by atoms with Crippen LogP contribution >= 0.6 is 0 Å². The molecule has 2 saturated heterocycles. The molecule has 0 unspecified atom stereocenters. The predicted molar refractivity (Wildman–Crippen MR) is 117 cm³/mol. The van der Waals surface area contributed by atoms with E-state index in [1.165, 1.54) is 64.8 Å². The lowest BCUT2D eigenvalue weighted by Gasteiger charge is -2.38. The Kier molecular flexibility index (Phi) is 13.4. The monoisotopic (exact) mass is 356 g/mol. The van der Waals surface area contributed by atoms with Crippen LogP contribution in [0.5, 0.6) is 0 Å². The number of piperidine rings is 2. The minimum atomic E-state index is 0. The van der Waals surface area contributed by atoms with Gasteiger partial charge in [-0.2, -0.15) is 0 Å². The van der Waals surface area contributed by atoms with E-state index in [0.717, 1.165) is 11.8 Å². The molecule has 2 rings (SSSR count). The average molecular weight is 357 g/mol. The Morgan fingerprint density at radius 1 is 0.760 bits per heavy atom. The van der Waals surface area contributed by atoms with Crippen LogP contribution in [-0.2, 0) is 0 Å². The molecule has 0 spiro atoms. The Balaban J connectivity index is 0. The van der Waals surface area contributed by atoms with E-state index in [-0.39, 0.29) is 14.9 Å². The fraction of sp³-hybridized carbons (Fsp3) is 1.00. The molecule has 1 N–H and O–H groups in total. The molecule has 2 fully saturated rings. The van der Waals surface area contributed by atoms with Crippen molar-refractivity contribution in [2.45, 2.75) is 95.4 Å². The quantitative estimate of drug-likeness (QED) is 0.611. The van der Waals surface area contributed by atoms with Crippen LogP contribution in [0.3, 0.4) is 0 Å². The number of nitrogens with one attached hydrogen (secondary N) is 1. The summed E-state index contributed by atoms with van der Waals surface area (Å²) in [6.07, 6.45) is 6.85. The largest absolute Gasteiger partial charge is 0.317 e. The van der Waals surface area contributed by atoms with Crippen LogP contribution in [0.4, 0.5) is 0 Å². The van der Waals surface area contributed by atoms with Crippen LogP contribution < -0.4 is 5.32 Å². The van der Waals surface area contributed by atoms with Crippen molar-refractivity contribution in [1.82, 2.24) is 10.2 Å². The third kappa shape index (κ3) is 10.6. The van der Waals surface area contributed by atoms with E-state index >= 15 is 0 Å². The summed E-state index contributed by atoms with van der Waals surface area (Å²) in [5.74, 6) is 1.88. The summed E-state index contributed by atoms with van der Waals surface area (Å²) in [7, 11) is 0. The van der Waals surface area contributed by atoms with E-state index in [1.807, 2.05) is 0 Å². The van der Waals surface area contributed by atoms with Crippen molar-refractivity contribution in [2.24, 2.45) is 22.7 Å². The molecule has 0 atom stereocenters. The normalized spacial score (nSPS) is 20.8. The summed E-state index contributed by atoms with van der Waals surface area (Å²) in [6, 6.07) is 0. The molecule has 2 heteroatoms. The van der Waals surface area contributed by atoms with Crippen LogP contribution in [0.2, 0.25) is 0 Å². The van der Waals surface area contributed by atoms with E-state index in [0.29, 0.717) is 10.8 Å². The molecule has 2 aliphatic heterocycles. The third-order valence-corrected chi connectivity index (χ3v) is 5.92. The number of nitrogens with zero attached hydrogens (tertiary/aromatic N) is 1. The van der Waals surface area contributed by atoms with Gasteiger partial charge in [-0.15, -0.1) is 0 Å². The standard InChI is InChI=1S/C12H25N.C9H19N.2CH4/c1-5-8-13-9-6-11(7-10-13)12(2,3)4;1-9(2,3)8-4-6-10-7-5-8;;/h11H,5-10H2,1-4H3;8,10H,4-7H2,1-3H3;2*1H4. The Hall–Kier alpha value is -0.0800. The number of likely N-dealkylation sites (tertiary alicyclic amines) is 1. The van der Waals surface area contributed by atoms with Crippen LogP contribution in [-0.4, -0.2) is 37.6 Å². The Morgan fingerprint density at radius 3 is 1.48 bits per heavy atom. The fourth-order valence-corrected chi connectivity index (χ4v) is 4.03. The molecule has 0 saturated carbocycles. The van der Waals surface area contributed by atoms with Crippen molar-refractivity contribution in [2.75, 3.05) is 32.7 Å². The van der Waals surface area contributed by atoms with Gasteiger partial charge in [-0.05, 0) is 87.5 Å². The second-order valence-electron chi connectivity index (χ2n) is 9.87. The van der Waals surface area contributed by atoms with Gasteiger partial charge in [0.15, 0.2) is 0 Å². The topological polar surface area (TPSA) is 15.3 Å². The van der Waals surface area contributed by atoms with Gasteiger partial charge in [0.25, 0.3) is 0 Å². The molecule has 0 aromatic carbocycles. The third-order valence-electron chi connectivity index (χ3n) is 5.92. The summed E-state index contributed by atoms with van der Waals surface area (Å²) in [4.78, 5) is 2.61. The first-order chi connectivity index (χ1) is 10.6. The highest BCUT2D eigenvalue weighted by atomic mass is 15.1. The van der Waals surface area contributed by atoms with Crippen LogP contribution in [0.15, 0.2) is 0 Å². The van der Waals surface area contributed by atoms with E-state index < -0.39 is 0 Å². The first kappa shape index (κ1) is 27.1. The predicted octanol–water partition coefficient (Wildman–Crippen LogP) is 6.46. The van der Waals surface area contributed by atoms with Gasteiger partial charge >= 0.3 is 0 Å². The molecule has 0 bridgehead atoms. The van der Waals surface area contributed by atoms with Crippen molar-refractivity contribution in [1.29, 1.82) is 0 Å². The van der Waals surface area contributed by atoms with Crippen molar-refractivity contribution in [3.63, 3.8) is 0 Å². The smallest absolute Gasteiger partial charge is 0.00159 e. The van der Waals surface area contributed by atoms with Crippen LogP contribution in [0.1, 0.15) is 95.4 Å². The van der Waals surface area contributed by atoms with Crippen molar-refractivity contribution in [3.8, 4) is 0 Å². The van der Waals surface area contributed by atoms with Crippen molar-refractivity contribution in [3.05, 3.63) is 0 Å². The maximum absolute atomic E-state index is 3.39. The highest BCUT2D eigenvalue weighted by molar-refractivity contribution is 4.80. The SMILES string of the molecule is C.C.CC(C)(C)C1CCNCC1.CCCN1CCC(C(C)(C)C)CC1. The van der Waals surface area contributed by atoms with Gasteiger partial charge in [0, 0.05) is 0 Å². The molecular formula is C23H52N2. The number of rotatable bonds is 2. The molecule has 2 nitrogen and oxygen atoms in total. The number of hydrogen-bond donors (Lipinski definition) is 1. The zero-order valence-electron chi connectivity index (χ0n) is 17.2. The lowest BCUT2D eigenvalue weighted by Crippen LogP contribution is -2.38. The van der Waals surface area contributed by atoms with Crippen molar-refractivity contribution < 1.29 is 0 Å². The van der Waals surface area contributed by atoms with Crippen LogP contribution in [0.25, 0.3) is 0 Å². The summed E-state index contributed by atoms with van der Waals surface area (Å²) in [5, 5.41) is 3.39. The minimum absolute atomic E-state index is 0. The molecule has 0 aliphatic carbocycles. The number of hydrogen-bond acceptors (Lipinski definition) is 2. The van der Waals surface area contributed by atoms with E-state index in [4.69, 9.17) is 0 Å². The Morgan fingerprint density at radius 2 is 1.16 bits per heavy atom. The van der Waals surface area contributed by atoms with Gasteiger partial charge in [0.1, 0.15) is 0 Å². The van der Waals surface area contributed by atoms with Crippen molar-refractivity contribution >= 4 is 0 Å². The molecule has 0 amide bonds. The lowest BCUT2D eigenvalue weighted by molar-refractivity contribution is 0.112. The summed E-state index contributed by atoms with van der Waals surface area (Å²) < 4.78 is 0. The van der Waals surface area contributed by atoms with Gasteiger partial charge in [-0.1, -0.05) is 63.3 Å². The summed E-state index contributed by atoms with van der Waals surface area (Å²) in [6.45, 7) is 22.9. The molecule has 154 valence electrons. The Bertz CT molecular complexity index is 297. The molecule has 0 radical (unpaired) electrons. The second-order valence-corrected chi connectivity index (χ2v) is 9.87. The van der Waals surface area contributed by atoms with Crippen LogP contribution in [0, 0.1) is 22.7 Å². The maximum atomic E-state index is 3.39. The fourth-order valence-electron chi connectivity index (χ4n) is 4.03. The zero-order valence-corrected chi connectivity index (χ0v) is 17.2. The highest BCUT2D eigenvalue weighted by Crippen LogP contribution is 2.34. The van der Waals surface area contributed by atoms with Gasteiger partial charge in [0.2, 0.25) is 0 Å². The first-order valence-corrected chi connectivity index (χ1v) is 10.1. The van der Waals surface area contributed by atoms with E-state index in [2.05, 4.69) is 58.7 Å². The Labute approximate surface area is 161 Å². The summed E-state index contributed by atoms with van der Waals surface area (Å²) in [5.41, 5.74) is 1.06. The van der Waals surface area contributed by atoms with Gasteiger partial charge in [-0.3, -0.25) is 0 Å². The highest BCUT2D eigenvalue weighted by Gasteiger charge is 2.28. The molecular weight excluding hydrogens is 304 g/mol. The molecule has 2 aliphatic rings. The second kappa shape index (κ2) is 12.3. The molecule has 0 aromatic rings. The minimum Gasteiger partial charge on any atom is -0.317 e. The maximum Gasteiger partial charge on any atom is -0.00159 e. The lowest BCUT2D eigenvalue weighted by atomic mass is 9.75. The van der Waals surface area contributed by atoms with Gasteiger partial charge < -0.3 is 10.2 Å². The van der Waals surface area contributed by atoms with Gasteiger partial charge in [0.05, 0.1) is 0 Å².